The molecule has 1 aromatic carbocycles. The molecule has 0 amide bonds. The summed E-state index contributed by atoms with van der Waals surface area (Å²) in [6.07, 6.45) is 1.34. The van der Waals surface area contributed by atoms with Crippen LogP contribution in [-0.4, -0.2) is 31.5 Å². The average molecular weight is 216 g/mol. The van der Waals surface area contributed by atoms with Gasteiger partial charge < -0.3 is 10.2 Å². The van der Waals surface area contributed by atoms with Crippen molar-refractivity contribution >= 4 is 9.84 Å². The number of phenolic OH excluding ortho intramolecular Hbond substituents is 1. The Bertz CT molecular complexity index is 422. The summed E-state index contributed by atoms with van der Waals surface area (Å²) in [5.74, 6) is 0.00597. The number of phenols is 1. The van der Waals surface area contributed by atoms with Gasteiger partial charge in [0.25, 0.3) is 0 Å². The molecule has 0 saturated carbocycles. The topological polar surface area (TPSA) is 74.6 Å². The summed E-state index contributed by atoms with van der Waals surface area (Å²) >= 11 is 0. The summed E-state index contributed by atoms with van der Waals surface area (Å²) in [4.78, 5) is 0.152. The van der Waals surface area contributed by atoms with Crippen molar-refractivity contribution in [1.82, 2.24) is 0 Å². The minimum absolute atomic E-state index is 0.00597. The lowest BCUT2D eigenvalue weighted by Gasteiger charge is -2.04. The number of aliphatic hydroxyl groups is 1. The average Bonchev–Trinajstić information content (AvgIpc) is 2.07. The summed E-state index contributed by atoms with van der Waals surface area (Å²) in [5, 5.41) is 18.0. The van der Waals surface area contributed by atoms with E-state index < -0.39 is 9.84 Å². The van der Waals surface area contributed by atoms with Crippen molar-refractivity contribution in [2.24, 2.45) is 0 Å². The maximum absolute atomic E-state index is 11.2. The van der Waals surface area contributed by atoms with Crippen molar-refractivity contribution in [2.75, 3.05) is 12.9 Å². The highest BCUT2D eigenvalue weighted by Crippen LogP contribution is 2.21. The van der Waals surface area contributed by atoms with E-state index in [0.29, 0.717) is 5.56 Å². The van der Waals surface area contributed by atoms with Crippen LogP contribution in [0.15, 0.2) is 23.1 Å². The van der Waals surface area contributed by atoms with Crippen LogP contribution >= 0.6 is 0 Å². The number of hydrogen-bond acceptors (Lipinski definition) is 4. The normalized spacial score (nSPS) is 11.6. The Hall–Kier alpha value is -1.07. The van der Waals surface area contributed by atoms with Crippen LogP contribution in [0.1, 0.15) is 5.56 Å². The third-order valence-electron chi connectivity index (χ3n) is 1.86. The Labute approximate surface area is 82.7 Å². The quantitative estimate of drug-likeness (QED) is 0.763. The maximum atomic E-state index is 11.2. The zero-order valence-electron chi connectivity index (χ0n) is 7.77. The monoisotopic (exact) mass is 216 g/mol. The van der Waals surface area contributed by atoms with E-state index in [1.165, 1.54) is 18.2 Å². The van der Waals surface area contributed by atoms with E-state index in [2.05, 4.69) is 0 Å². The van der Waals surface area contributed by atoms with Gasteiger partial charge >= 0.3 is 0 Å². The molecule has 0 unspecified atom stereocenters. The minimum Gasteiger partial charge on any atom is -0.508 e. The van der Waals surface area contributed by atoms with Crippen molar-refractivity contribution in [1.29, 1.82) is 0 Å². The third kappa shape index (κ3) is 2.46. The second kappa shape index (κ2) is 3.98. The lowest BCUT2D eigenvalue weighted by atomic mass is 10.1. The van der Waals surface area contributed by atoms with Crippen molar-refractivity contribution in [3.63, 3.8) is 0 Å². The van der Waals surface area contributed by atoms with Gasteiger partial charge in [0, 0.05) is 12.9 Å². The van der Waals surface area contributed by atoms with Crippen LogP contribution in [0.2, 0.25) is 0 Å². The lowest BCUT2D eigenvalue weighted by Crippen LogP contribution is -1.99. The van der Waals surface area contributed by atoms with Crippen molar-refractivity contribution < 1.29 is 18.6 Å². The van der Waals surface area contributed by atoms with E-state index in [9.17, 15) is 13.5 Å². The highest BCUT2D eigenvalue weighted by atomic mass is 32.2. The number of rotatable bonds is 3. The van der Waals surface area contributed by atoms with Crippen LogP contribution in [-0.2, 0) is 16.3 Å². The molecule has 0 aliphatic carbocycles. The van der Waals surface area contributed by atoms with Gasteiger partial charge in [-0.25, -0.2) is 8.42 Å². The fourth-order valence-electron chi connectivity index (χ4n) is 1.11. The van der Waals surface area contributed by atoms with Gasteiger partial charge in [-0.05, 0) is 30.2 Å². The molecule has 0 aromatic heterocycles. The fraction of sp³-hybridized carbons (Fsp3) is 0.333. The Kier molecular flexibility index (Phi) is 3.13. The zero-order valence-corrected chi connectivity index (χ0v) is 8.58. The van der Waals surface area contributed by atoms with Crippen LogP contribution in [0.25, 0.3) is 0 Å². The first-order valence-electron chi connectivity index (χ1n) is 4.08. The largest absolute Gasteiger partial charge is 0.508 e. The van der Waals surface area contributed by atoms with E-state index in [1.807, 2.05) is 0 Å². The van der Waals surface area contributed by atoms with Gasteiger partial charge in [0.15, 0.2) is 9.84 Å². The van der Waals surface area contributed by atoms with Crippen LogP contribution in [0.4, 0.5) is 0 Å². The van der Waals surface area contributed by atoms with E-state index in [0.717, 1.165) is 6.26 Å². The zero-order chi connectivity index (χ0) is 10.8. The standard InChI is InChI=1S/C9H12O4S/c1-14(12,13)8-2-3-9(11)7(6-8)4-5-10/h2-3,6,10-11H,4-5H2,1H3. The van der Waals surface area contributed by atoms with Crippen LogP contribution in [0.5, 0.6) is 5.75 Å². The van der Waals surface area contributed by atoms with Crippen LogP contribution in [0.3, 0.4) is 0 Å². The predicted octanol–water partition coefficient (Wildman–Crippen LogP) is 0.331. The molecule has 0 heterocycles. The molecule has 0 aliphatic heterocycles. The molecule has 0 atom stereocenters. The molecule has 1 rings (SSSR count). The molecule has 0 aliphatic rings. The Morgan fingerprint density at radius 3 is 2.50 bits per heavy atom. The molecule has 1 aromatic rings. The molecule has 4 nitrogen and oxygen atoms in total. The van der Waals surface area contributed by atoms with Gasteiger partial charge in [0.2, 0.25) is 0 Å². The summed E-state index contributed by atoms with van der Waals surface area (Å²) in [5.41, 5.74) is 0.440. The van der Waals surface area contributed by atoms with Gasteiger partial charge in [-0.15, -0.1) is 0 Å². The predicted molar refractivity (Wildman–Crippen MR) is 52.0 cm³/mol. The Morgan fingerprint density at radius 1 is 1.36 bits per heavy atom. The number of hydrogen-bond donors (Lipinski definition) is 2. The second-order valence-corrected chi connectivity index (χ2v) is 5.05. The Balaban J connectivity index is 3.20. The van der Waals surface area contributed by atoms with E-state index in [1.54, 1.807) is 0 Å². The summed E-state index contributed by atoms with van der Waals surface area (Å²) in [7, 11) is -3.25. The number of sulfone groups is 1. The van der Waals surface area contributed by atoms with Crippen molar-refractivity contribution in [3.05, 3.63) is 23.8 Å². The van der Waals surface area contributed by atoms with Gasteiger partial charge in [0.05, 0.1) is 4.90 Å². The Morgan fingerprint density at radius 2 is 2.00 bits per heavy atom. The highest BCUT2D eigenvalue weighted by Gasteiger charge is 2.09. The fourth-order valence-corrected chi connectivity index (χ4v) is 1.78. The van der Waals surface area contributed by atoms with Crippen molar-refractivity contribution in [3.8, 4) is 5.75 Å². The molecule has 0 spiro atoms. The summed E-state index contributed by atoms with van der Waals surface area (Å²) < 4.78 is 22.3. The molecule has 0 bridgehead atoms. The first kappa shape index (κ1) is 11.0. The number of aromatic hydroxyl groups is 1. The molecular formula is C9H12O4S. The number of benzene rings is 1. The SMILES string of the molecule is CS(=O)(=O)c1ccc(O)c(CCO)c1. The first-order chi connectivity index (χ1) is 6.45. The number of aliphatic hydroxyl groups excluding tert-OH is 1. The lowest BCUT2D eigenvalue weighted by molar-refractivity contribution is 0.297. The van der Waals surface area contributed by atoms with Gasteiger partial charge in [-0.1, -0.05) is 0 Å². The van der Waals surface area contributed by atoms with E-state index in [-0.39, 0.29) is 23.7 Å². The molecule has 5 heteroatoms. The molecule has 14 heavy (non-hydrogen) atoms. The molecule has 0 saturated heterocycles. The first-order valence-corrected chi connectivity index (χ1v) is 5.97. The van der Waals surface area contributed by atoms with E-state index in [4.69, 9.17) is 5.11 Å². The smallest absolute Gasteiger partial charge is 0.175 e. The van der Waals surface area contributed by atoms with Crippen LogP contribution in [0, 0.1) is 0 Å². The minimum atomic E-state index is -3.25. The molecule has 78 valence electrons. The van der Waals surface area contributed by atoms with Crippen molar-refractivity contribution in [2.45, 2.75) is 11.3 Å². The summed E-state index contributed by atoms with van der Waals surface area (Å²) in [6.45, 7) is -0.124. The maximum Gasteiger partial charge on any atom is 0.175 e. The second-order valence-electron chi connectivity index (χ2n) is 3.04. The summed E-state index contributed by atoms with van der Waals surface area (Å²) in [6, 6.07) is 4.04. The molecule has 2 N–H and O–H groups in total. The van der Waals surface area contributed by atoms with Gasteiger partial charge in [-0.2, -0.15) is 0 Å². The van der Waals surface area contributed by atoms with Gasteiger partial charge in [0.1, 0.15) is 5.75 Å². The molecule has 0 radical (unpaired) electrons. The highest BCUT2D eigenvalue weighted by molar-refractivity contribution is 7.90. The third-order valence-corrected chi connectivity index (χ3v) is 2.97. The van der Waals surface area contributed by atoms with Crippen LogP contribution < -0.4 is 0 Å². The van der Waals surface area contributed by atoms with Gasteiger partial charge in [-0.3, -0.25) is 0 Å². The molecular weight excluding hydrogens is 204 g/mol. The van der Waals surface area contributed by atoms with E-state index >= 15 is 0 Å². The molecule has 0 fully saturated rings.